The summed E-state index contributed by atoms with van der Waals surface area (Å²) in [6.07, 6.45) is 1.61. The molecule has 0 unspecified atom stereocenters. The topological polar surface area (TPSA) is 96.0 Å². The van der Waals surface area contributed by atoms with Crippen molar-refractivity contribution in [1.29, 1.82) is 5.26 Å². The Morgan fingerprint density at radius 3 is 2.56 bits per heavy atom. The summed E-state index contributed by atoms with van der Waals surface area (Å²) in [5.74, 6) is 0.816. The molecule has 1 amide bonds. The van der Waals surface area contributed by atoms with Crippen LogP contribution in [0.2, 0.25) is 25.7 Å². The zero-order chi connectivity index (χ0) is 29.9. The summed E-state index contributed by atoms with van der Waals surface area (Å²) < 4.78 is 13.5. The fourth-order valence-corrected chi connectivity index (χ4v) is 5.56. The average molecular weight is 573 g/mol. The minimum Gasteiger partial charge on any atom is -0.467 e. The summed E-state index contributed by atoms with van der Waals surface area (Å²) >= 11 is 0. The highest BCUT2D eigenvalue weighted by Gasteiger charge is 2.32. The molecule has 0 saturated carbocycles. The van der Waals surface area contributed by atoms with E-state index >= 15 is 0 Å². The van der Waals surface area contributed by atoms with Crippen LogP contribution in [0, 0.1) is 32.1 Å². The number of aromatic nitrogens is 2. The largest absolute Gasteiger partial charge is 0.467 e. The van der Waals surface area contributed by atoms with Gasteiger partial charge in [-0.25, -0.2) is 9.98 Å². The Morgan fingerprint density at radius 2 is 1.88 bits per heavy atom. The molecule has 0 N–H and O–H groups in total. The van der Waals surface area contributed by atoms with Gasteiger partial charge in [-0.3, -0.25) is 9.36 Å². The summed E-state index contributed by atoms with van der Waals surface area (Å²) in [6, 6.07) is 13.3. The standard InChI is InChI=1S/C31H40N6O3Si/c1-21-9-11-24-17-36(18-25(24)15-21)31(38)30-34-26(16-32)29(33-19-35(4)5)37(30)28-22(2)10-12-27(23(28)3)40-20-39-13-14-41(6,7)8/h9-12,15,19H,13-14,17-18,20H2,1-8H3. The summed E-state index contributed by atoms with van der Waals surface area (Å²) in [7, 11) is 2.49. The van der Waals surface area contributed by atoms with Crippen molar-refractivity contribution in [3.05, 3.63) is 69.7 Å². The zero-order valence-electron chi connectivity index (χ0n) is 25.4. The van der Waals surface area contributed by atoms with E-state index in [9.17, 15) is 10.1 Å². The van der Waals surface area contributed by atoms with E-state index < -0.39 is 8.07 Å². The van der Waals surface area contributed by atoms with Crippen molar-refractivity contribution in [2.45, 2.75) is 59.5 Å². The van der Waals surface area contributed by atoms with Gasteiger partial charge in [0.1, 0.15) is 11.8 Å². The van der Waals surface area contributed by atoms with Crippen LogP contribution in [0.5, 0.6) is 5.75 Å². The molecule has 0 atom stereocenters. The Balaban J connectivity index is 1.75. The SMILES string of the molecule is Cc1ccc2c(c1)CN(C(=O)c1nc(C#N)c(N=CN(C)C)n1-c1c(C)ccc(OCOCC[Si](C)(C)C)c1C)C2. The molecule has 216 valence electrons. The van der Waals surface area contributed by atoms with Crippen LogP contribution < -0.4 is 4.74 Å². The first-order chi connectivity index (χ1) is 19.4. The molecule has 0 bridgehead atoms. The first-order valence-corrected chi connectivity index (χ1v) is 17.5. The van der Waals surface area contributed by atoms with Crippen molar-refractivity contribution >= 4 is 26.1 Å². The lowest BCUT2D eigenvalue weighted by Gasteiger charge is -2.21. The van der Waals surface area contributed by atoms with Crippen molar-refractivity contribution in [1.82, 2.24) is 19.4 Å². The number of nitrogens with zero attached hydrogens (tertiary/aromatic N) is 6. The highest BCUT2D eigenvalue weighted by atomic mass is 28.3. The summed E-state index contributed by atoms with van der Waals surface area (Å²) in [6.45, 7) is 14.6. The molecule has 10 heteroatoms. The van der Waals surface area contributed by atoms with Crippen LogP contribution in [0.1, 0.15) is 44.1 Å². The highest BCUT2D eigenvalue weighted by Crippen LogP contribution is 2.35. The Labute approximate surface area is 244 Å². The van der Waals surface area contributed by atoms with Crippen molar-refractivity contribution < 1.29 is 14.3 Å². The Hall–Kier alpha value is -3.94. The fourth-order valence-electron chi connectivity index (χ4n) is 4.80. The van der Waals surface area contributed by atoms with Crippen molar-refractivity contribution in [3.8, 4) is 17.5 Å². The summed E-state index contributed by atoms with van der Waals surface area (Å²) in [4.78, 5) is 26.8. The number of imidazole rings is 1. The molecule has 2 aromatic carbocycles. The molecule has 2 heterocycles. The number of benzene rings is 2. The molecule has 9 nitrogen and oxygen atoms in total. The number of nitriles is 1. The molecule has 41 heavy (non-hydrogen) atoms. The average Bonchev–Trinajstić information content (AvgIpc) is 3.48. The number of fused-ring (bicyclic) bond motifs is 1. The van der Waals surface area contributed by atoms with E-state index in [2.05, 4.69) is 53.9 Å². The molecule has 0 spiro atoms. The van der Waals surface area contributed by atoms with Crippen LogP contribution >= 0.6 is 0 Å². The monoisotopic (exact) mass is 572 g/mol. The fraction of sp³-hybridized carbons (Fsp3) is 0.419. The number of amides is 1. The number of aryl methyl sites for hydroxylation is 2. The lowest BCUT2D eigenvalue weighted by molar-refractivity contribution is 0.0216. The molecule has 0 radical (unpaired) electrons. The van der Waals surface area contributed by atoms with E-state index in [1.54, 1.807) is 20.7 Å². The summed E-state index contributed by atoms with van der Waals surface area (Å²) in [5, 5.41) is 10.0. The smallest absolute Gasteiger partial charge is 0.290 e. The van der Waals surface area contributed by atoms with Crippen molar-refractivity contribution in [2.75, 3.05) is 27.5 Å². The zero-order valence-corrected chi connectivity index (χ0v) is 26.4. The van der Waals surface area contributed by atoms with Crippen LogP contribution in [0.15, 0.2) is 35.3 Å². The molecule has 1 aromatic heterocycles. The van der Waals surface area contributed by atoms with Crippen LogP contribution in [-0.2, 0) is 17.8 Å². The van der Waals surface area contributed by atoms with E-state index in [4.69, 9.17) is 9.47 Å². The predicted octanol–water partition coefficient (Wildman–Crippen LogP) is 5.74. The van der Waals surface area contributed by atoms with Gasteiger partial charge in [-0.1, -0.05) is 49.5 Å². The number of hydrogen-bond acceptors (Lipinski definition) is 6. The maximum atomic E-state index is 14.1. The lowest BCUT2D eigenvalue weighted by Crippen LogP contribution is -2.28. The number of hydrogen-bond donors (Lipinski definition) is 0. The molecule has 4 rings (SSSR count). The number of ether oxygens (including phenoxy) is 2. The third kappa shape index (κ3) is 6.86. The van der Waals surface area contributed by atoms with Gasteiger partial charge in [-0.15, -0.1) is 0 Å². The van der Waals surface area contributed by atoms with Crippen molar-refractivity contribution in [3.63, 3.8) is 0 Å². The number of rotatable bonds is 10. The van der Waals surface area contributed by atoms with Gasteiger partial charge in [0.05, 0.1) is 12.0 Å². The van der Waals surface area contributed by atoms with Gasteiger partial charge in [-0.05, 0) is 49.6 Å². The second-order valence-electron chi connectivity index (χ2n) is 12.0. The van der Waals surface area contributed by atoms with Gasteiger partial charge >= 0.3 is 0 Å². The van der Waals surface area contributed by atoms with Gasteiger partial charge in [-0.2, -0.15) is 5.26 Å². The third-order valence-corrected chi connectivity index (χ3v) is 8.74. The van der Waals surface area contributed by atoms with Gasteiger partial charge < -0.3 is 19.3 Å². The van der Waals surface area contributed by atoms with Crippen LogP contribution in [-0.4, -0.2) is 67.2 Å². The van der Waals surface area contributed by atoms with Crippen LogP contribution in [0.4, 0.5) is 5.82 Å². The molecule has 0 aliphatic carbocycles. The van der Waals surface area contributed by atoms with Gasteiger partial charge in [0, 0.05) is 47.4 Å². The predicted molar refractivity (Wildman–Crippen MR) is 164 cm³/mol. The first-order valence-electron chi connectivity index (χ1n) is 13.8. The number of carbonyl (C=O) groups excluding carboxylic acids is 1. The minimum absolute atomic E-state index is 0.0822. The lowest BCUT2D eigenvalue weighted by atomic mass is 10.1. The molecular formula is C31H40N6O3Si. The summed E-state index contributed by atoms with van der Waals surface area (Å²) in [5.41, 5.74) is 5.88. The number of carbonyl (C=O) groups is 1. The molecule has 0 saturated heterocycles. The van der Waals surface area contributed by atoms with Gasteiger partial charge in [0.2, 0.25) is 5.82 Å². The van der Waals surface area contributed by atoms with E-state index in [1.807, 2.05) is 47.0 Å². The van der Waals surface area contributed by atoms with Crippen molar-refractivity contribution in [2.24, 2.45) is 4.99 Å². The maximum Gasteiger partial charge on any atom is 0.290 e. The minimum atomic E-state index is -1.20. The Kier molecular flexibility index (Phi) is 9.00. The maximum absolute atomic E-state index is 14.1. The Bertz CT molecular complexity index is 1510. The second kappa shape index (κ2) is 12.3. The first kappa shape index (κ1) is 30.0. The van der Waals surface area contributed by atoms with Gasteiger partial charge in [0.25, 0.3) is 5.91 Å². The van der Waals surface area contributed by atoms with E-state index in [-0.39, 0.29) is 24.2 Å². The molecule has 1 aliphatic rings. The molecule has 0 fully saturated rings. The molecule has 3 aromatic rings. The van der Waals surface area contributed by atoms with E-state index in [0.29, 0.717) is 37.0 Å². The normalized spacial score (nSPS) is 13.0. The molecule has 1 aliphatic heterocycles. The highest BCUT2D eigenvalue weighted by molar-refractivity contribution is 6.76. The van der Waals surface area contributed by atoms with E-state index in [1.165, 1.54) is 0 Å². The quantitative estimate of drug-likeness (QED) is 0.101. The van der Waals surface area contributed by atoms with E-state index in [0.717, 1.165) is 33.9 Å². The number of aliphatic imine (C=N–C) groups is 1. The second-order valence-corrected chi connectivity index (χ2v) is 17.7. The third-order valence-electron chi connectivity index (χ3n) is 7.03. The van der Waals surface area contributed by atoms with Crippen LogP contribution in [0.25, 0.3) is 5.69 Å². The van der Waals surface area contributed by atoms with Gasteiger partial charge in [0.15, 0.2) is 18.3 Å². The van der Waals surface area contributed by atoms with Crippen LogP contribution in [0.3, 0.4) is 0 Å². The Morgan fingerprint density at radius 1 is 1.15 bits per heavy atom. The molecular weight excluding hydrogens is 532 g/mol.